The second-order valence-electron chi connectivity index (χ2n) is 3.68. The van der Waals surface area contributed by atoms with Crippen LogP contribution in [0.25, 0.3) is 0 Å². The number of nitrogens with one attached hydrogen (secondary N) is 1. The normalized spacial score (nSPS) is 19.4. The standard InChI is InChI=1S/C11H12BrNO4/c1-16-9-5-6(4-7(12)10(9)14)8-2-3-17-11(15)13-8/h4-5,8,14H,2-3H2,1H3,(H,13,15)/t8-/m1/s1. The predicted octanol–water partition coefficient (Wildman–Crippen LogP) is 2.33. The summed E-state index contributed by atoms with van der Waals surface area (Å²) in [6, 6.07) is 3.34. The number of benzene rings is 1. The Morgan fingerprint density at radius 2 is 2.35 bits per heavy atom. The third kappa shape index (κ3) is 2.46. The van der Waals surface area contributed by atoms with Gasteiger partial charge in [-0.25, -0.2) is 4.79 Å². The molecule has 1 fully saturated rings. The minimum Gasteiger partial charge on any atom is -0.503 e. The van der Waals surface area contributed by atoms with E-state index in [2.05, 4.69) is 21.2 Å². The van der Waals surface area contributed by atoms with Gasteiger partial charge in [-0.1, -0.05) is 0 Å². The van der Waals surface area contributed by atoms with Crippen LogP contribution in [0.5, 0.6) is 11.5 Å². The van der Waals surface area contributed by atoms with Crippen LogP contribution in [0.15, 0.2) is 16.6 Å². The van der Waals surface area contributed by atoms with Crippen LogP contribution >= 0.6 is 15.9 Å². The lowest BCUT2D eigenvalue weighted by Crippen LogP contribution is -2.35. The lowest BCUT2D eigenvalue weighted by molar-refractivity contribution is 0.115. The van der Waals surface area contributed by atoms with Gasteiger partial charge in [-0.3, -0.25) is 0 Å². The fourth-order valence-electron chi connectivity index (χ4n) is 1.73. The highest BCUT2D eigenvalue weighted by molar-refractivity contribution is 9.10. The topological polar surface area (TPSA) is 67.8 Å². The molecule has 0 aliphatic carbocycles. The van der Waals surface area contributed by atoms with Gasteiger partial charge >= 0.3 is 6.09 Å². The second kappa shape index (κ2) is 4.83. The van der Waals surface area contributed by atoms with Crippen molar-refractivity contribution >= 4 is 22.0 Å². The molecule has 0 radical (unpaired) electrons. The molecule has 0 bridgehead atoms. The zero-order chi connectivity index (χ0) is 12.4. The molecular formula is C11H12BrNO4. The van der Waals surface area contributed by atoms with Crippen molar-refractivity contribution in [3.63, 3.8) is 0 Å². The molecule has 1 aromatic rings. The summed E-state index contributed by atoms with van der Waals surface area (Å²) in [7, 11) is 1.48. The maximum absolute atomic E-state index is 11.1. The Morgan fingerprint density at radius 1 is 1.59 bits per heavy atom. The number of phenolic OH excluding ortho intramolecular Hbond substituents is 1. The zero-order valence-corrected chi connectivity index (χ0v) is 10.8. The average Bonchev–Trinajstić information content (AvgIpc) is 2.32. The van der Waals surface area contributed by atoms with Gasteiger partial charge in [-0.05, 0) is 33.6 Å². The Balaban J connectivity index is 2.32. The van der Waals surface area contributed by atoms with Crippen molar-refractivity contribution < 1.29 is 19.4 Å². The van der Waals surface area contributed by atoms with Crippen molar-refractivity contribution in [3.8, 4) is 11.5 Å². The number of phenols is 1. The van der Waals surface area contributed by atoms with Crippen molar-refractivity contribution in [2.75, 3.05) is 13.7 Å². The molecule has 6 heteroatoms. The molecule has 2 N–H and O–H groups in total. The Kier molecular flexibility index (Phi) is 3.42. The van der Waals surface area contributed by atoms with Gasteiger partial charge in [0.05, 0.1) is 24.2 Å². The Hall–Kier alpha value is -1.43. The van der Waals surface area contributed by atoms with E-state index in [1.807, 2.05) is 0 Å². The van der Waals surface area contributed by atoms with Crippen LogP contribution in [-0.4, -0.2) is 24.9 Å². The minimum atomic E-state index is -0.426. The molecule has 5 nitrogen and oxygen atoms in total. The number of cyclic esters (lactones) is 1. The van der Waals surface area contributed by atoms with Gasteiger partial charge in [-0.2, -0.15) is 0 Å². The molecule has 1 atom stereocenters. The van der Waals surface area contributed by atoms with Gasteiger partial charge in [0.15, 0.2) is 11.5 Å². The lowest BCUT2D eigenvalue weighted by atomic mass is 10.0. The van der Waals surface area contributed by atoms with Gasteiger partial charge in [0.1, 0.15) is 0 Å². The maximum atomic E-state index is 11.1. The molecule has 0 aromatic heterocycles. The van der Waals surface area contributed by atoms with Gasteiger partial charge in [0.25, 0.3) is 0 Å². The molecule has 1 aliphatic rings. The Labute approximate surface area is 107 Å². The van der Waals surface area contributed by atoms with Gasteiger partial charge in [0, 0.05) is 6.42 Å². The van der Waals surface area contributed by atoms with Crippen LogP contribution in [0.3, 0.4) is 0 Å². The first-order valence-corrected chi connectivity index (χ1v) is 5.91. The summed E-state index contributed by atoms with van der Waals surface area (Å²) in [5.41, 5.74) is 0.864. The molecule has 2 rings (SSSR count). The fraction of sp³-hybridized carbons (Fsp3) is 0.364. The molecule has 1 aliphatic heterocycles. The van der Waals surface area contributed by atoms with Gasteiger partial charge in [0.2, 0.25) is 0 Å². The molecule has 1 heterocycles. The number of halogens is 1. The number of carbonyl (C=O) groups excluding carboxylic acids is 1. The van der Waals surface area contributed by atoms with Crippen molar-refractivity contribution in [2.45, 2.75) is 12.5 Å². The first-order valence-electron chi connectivity index (χ1n) is 5.11. The molecule has 0 spiro atoms. The van der Waals surface area contributed by atoms with E-state index in [-0.39, 0.29) is 11.8 Å². The van der Waals surface area contributed by atoms with Crippen molar-refractivity contribution in [2.24, 2.45) is 0 Å². The number of methoxy groups -OCH3 is 1. The van der Waals surface area contributed by atoms with Crippen molar-refractivity contribution in [1.29, 1.82) is 0 Å². The van der Waals surface area contributed by atoms with E-state index in [0.29, 0.717) is 23.2 Å². The van der Waals surface area contributed by atoms with Crippen LogP contribution < -0.4 is 10.1 Å². The van der Waals surface area contributed by atoms with Gasteiger partial charge in [-0.15, -0.1) is 0 Å². The Bertz CT molecular complexity index is 449. The van der Waals surface area contributed by atoms with Crippen LogP contribution in [0.4, 0.5) is 4.79 Å². The predicted molar refractivity (Wildman–Crippen MR) is 64.2 cm³/mol. The number of hydrogen-bond donors (Lipinski definition) is 2. The van der Waals surface area contributed by atoms with E-state index in [9.17, 15) is 9.90 Å². The SMILES string of the molecule is COc1cc([C@H]2CCOC(=O)N2)cc(Br)c1O. The highest BCUT2D eigenvalue weighted by Crippen LogP contribution is 2.37. The molecular weight excluding hydrogens is 290 g/mol. The fourth-order valence-corrected chi connectivity index (χ4v) is 2.19. The maximum Gasteiger partial charge on any atom is 0.407 e. The number of rotatable bonds is 2. The van der Waals surface area contributed by atoms with Gasteiger partial charge < -0.3 is 19.9 Å². The first kappa shape index (κ1) is 12.0. The molecule has 1 saturated heterocycles. The lowest BCUT2D eigenvalue weighted by Gasteiger charge is -2.24. The minimum absolute atomic E-state index is 0.0506. The van der Waals surface area contributed by atoms with Crippen LogP contribution in [-0.2, 0) is 4.74 Å². The van der Waals surface area contributed by atoms with E-state index >= 15 is 0 Å². The quantitative estimate of drug-likeness (QED) is 0.880. The van der Waals surface area contributed by atoms with E-state index in [1.165, 1.54) is 7.11 Å². The average molecular weight is 302 g/mol. The molecule has 0 unspecified atom stereocenters. The summed E-state index contributed by atoms with van der Waals surface area (Å²) in [6.45, 7) is 0.386. The Morgan fingerprint density at radius 3 is 3.00 bits per heavy atom. The third-order valence-corrected chi connectivity index (χ3v) is 3.21. The number of aromatic hydroxyl groups is 1. The van der Waals surface area contributed by atoms with E-state index in [1.54, 1.807) is 12.1 Å². The zero-order valence-electron chi connectivity index (χ0n) is 9.20. The smallest absolute Gasteiger partial charge is 0.407 e. The third-order valence-electron chi connectivity index (χ3n) is 2.60. The van der Waals surface area contributed by atoms with E-state index in [0.717, 1.165) is 5.56 Å². The van der Waals surface area contributed by atoms with Crippen LogP contribution in [0, 0.1) is 0 Å². The number of alkyl carbamates (subject to hydrolysis) is 1. The second-order valence-corrected chi connectivity index (χ2v) is 4.53. The summed E-state index contributed by atoms with van der Waals surface area (Å²) >= 11 is 3.25. The summed E-state index contributed by atoms with van der Waals surface area (Å²) in [6.07, 6.45) is 0.260. The molecule has 0 saturated carbocycles. The summed E-state index contributed by atoms with van der Waals surface area (Å²) in [5, 5.41) is 12.4. The van der Waals surface area contributed by atoms with E-state index in [4.69, 9.17) is 9.47 Å². The van der Waals surface area contributed by atoms with Crippen LogP contribution in [0.2, 0.25) is 0 Å². The number of hydrogen-bond acceptors (Lipinski definition) is 4. The molecule has 17 heavy (non-hydrogen) atoms. The summed E-state index contributed by atoms with van der Waals surface area (Å²) in [4.78, 5) is 11.1. The number of ether oxygens (including phenoxy) is 2. The first-order chi connectivity index (χ1) is 8.11. The molecule has 1 aromatic carbocycles. The van der Waals surface area contributed by atoms with Crippen molar-refractivity contribution in [1.82, 2.24) is 5.32 Å². The largest absolute Gasteiger partial charge is 0.503 e. The molecule has 1 amide bonds. The number of amides is 1. The number of carbonyl (C=O) groups is 1. The molecule has 92 valence electrons. The van der Waals surface area contributed by atoms with Crippen molar-refractivity contribution in [3.05, 3.63) is 22.2 Å². The monoisotopic (exact) mass is 301 g/mol. The van der Waals surface area contributed by atoms with E-state index < -0.39 is 6.09 Å². The highest BCUT2D eigenvalue weighted by atomic mass is 79.9. The highest BCUT2D eigenvalue weighted by Gasteiger charge is 2.22. The van der Waals surface area contributed by atoms with Crippen LogP contribution in [0.1, 0.15) is 18.0 Å². The summed E-state index contributed by atoms with van der Waals surface area (Å²) < 4.78 is 10.4. The summed E-state index contributed by atoms with van der Waals surface area (Å²) in [5.74, 6) is 0.421.